The van der Waals surface area contributed by atoms with Crippen LogP contribution in [-0.4, -0.2) is 18.1 Å². The largest absolute Gasteiger partial charge is 0.311 e. The van der Waals surface area contributed by atoms with Gasteiger partial charge in [0.2, 0.25) is 0 Å². The van der Waals surface area contributed by atoms with Gasteiger partial charge in [-0.3, -0.25) is 0 Å². The highest BCUT2D eigenvalue weighted by atomic mass is 32.2. The molecule has 78 valence electrons. The van der Waals surface area contributed by atoms with Gasteiger partial charge in [-0.1, -0.05) is 5.92 Å². The van der Waals surface area contributed by atoms with E-state index in [9.17, 15) is 0 Å². The molecule has 15 heavy (non-hydrogen) atoms. The number of terminal acetylenes is 1. The third-order valence-corrected chi connectivity index (χ3v) is 3.53. The van der Waals surface area contributed by atoms with Gasteiger partial charge in [0, 0.05) is 23.7 Å². The number of rotatable bonds is 6. The van der Waals surface area contributed by atoms with Crippen LogP contribution in [0.4, 0.5) is 0 Å². The minimum Gasteiger partial charge on any atom is -0.311 e. The Labute approximate surface area is 98.7 Å². The second-order valence-electron chi connectivity index (χ2n) is 2.81. The zero-order valence-electron chi connectivity index (χ0n) is 8.32. The summed E-state index contributed by atoms with van der Waals surface area (Å²) in [6, 6.07) is 5.98. The molecule has 0 aliphatic carbocycles. The molecule has 2 nitrogen and oxygen atoms in total. The van der Waals surface area contributed by atoms with Crippen LogP contribution < -0.4 is 5.32 Å². The fraction of sp³-hybridized carbons (Fsp3) is 0.364. The Bertz CT molecular complexity index is 371. The van der Waals surface area contributed by atoms with Gasteiger partial charge in [0.05, 0.1) is 5.75 Å². The molecule has 0 fully saturated rings. The summed E-state index contributed by atoms with van der Waals surface area (Å²) in [6.07, 6.45) is 5.13. The lowest BCUT2D eigenvalue weighted by Crippen LogP contribution is -2.15. The predicted molar refractivity (Wildman–Crippen MR) is 66.9 cm³/mol. The van der Waals surface area contributed by atoms with Gasteiger partial charge < -0.3 is 5.32 Å². The maximum absolute atomic E-state index is 8.64. The van der Waals surface area contributed by atoms with Gasteiger partial charge >= 0.3 is 0 Å². The van der Waals surface area contributed by atoms with E-state index in [1.165, 1.54) is 16.2 Å². The number of thiophene rings is 1. The molecule has 1 aromatic heterocycles. The van der Waals surface area contributed by atoms with E-state index in [-0.39, 0.29) is 0 Å². The molecule has 0 aromatic carbocycles. The van der Waals surface area contributed by atoms with Gasteiger partial charge in [-0.2, -0.15) is 5.26 Å². The van der Waals surface area contributed by atoms with Crippen LogP contribution in [0.5, 0.6) is 0 Å². The summed E-state index contributed by atoms with van der Waals surface area (Å²) < 4.78 is 0. The number of hydrogen-bond donors (Lipinski definition) is 1. The second kappa shape index (κ2) is 7.36. The standard InChI is InChI=1S/C11H12N2S2/c1-2-6-14-7-5-13-9-11-4-3-10(8-12)15-11/h1,3-4,13H,5-7,9H2. The van der Waals surface area contributed by atoms with Crippen LogP contribution in [0.25, 0.3) is 0 Å². The molecular formula is C11H12N2S2. The molecule has 0 aliphatic rings. The van der Waals surface area contributed by atoms with E-state index in [2.05, 4.69) is 17.3 Å². The Morgan fingerprint density at radius 3 is 3.07 bits per heavy atom. The van der Waals surface area contributed by atoms with Crippen molar-refractivity contribution < 1.29 is 0 Å². The summed E-state index contributed by atoms with van der Waals surface area (Å²) in [6.45, 7) is 1.79. The van der Waals surface area contributed by atoms with E-state index >= 15 is 0 Å². The fourth-order valence-electron chi connectivity index (χ4n) is 1.02. The molecule has 0 aliphatic heterocycles. The van der Waals surface area contributed by atoms with E-state index in [0.717, 1.165) is 29.5 Å². The molecule has 0 amide bonds. The summed E-state index contributed by atoms with van der Waals surface area (Å²) in [5.41, 5.74) is 0. The van der Waals surface area contributed by atoms with Crippen molar-refractivity contribution in [3.63, 3.8) is 0 Å². The van der Waals surface area contributed by atoms with E-state index in [4.69, 9.17) is 11.7 Å². The van der Waals surface area contributed by atoms with E-state index < -0.39 is 0 Å². The first-order chi connectivity index (χ1) is 7.36. The Morgan fingerprint density at radius 2 is 2.40 bits per heavy atom. The van der Waals surface area contributed by atoms with Crippen LogP contribution in [0.1, 0.15) is 9.75 Å². The zero-order chi connectivity index (χ0) is 10.9. The third-order valence-electron chi connectivity index (χ3n) is 1.68. The Morgan fingerprint density at radius 1 is 1.53 bits per heavy atom. The zero-order valence-corrected chi connectivity index (χ0v) is 9.96. The van der Waals surface area contributed by atoms with Crippen molar-refractivity contribution in [1.29, 1.82) is 5.26 Å². The van der Waals surface area contributed by atoms with Gasteiger partial charge in [-0.25, -0.2) is 0 Å². The Kier molecular flexibility index (Phi) is 5.96. The maximum atomic E-state index is 8.64. The quantitative estimate of drug-likeness (QED) is 0.607. The van der Waals surface area contributed by atoms with Crippen molar-refractivity contribution in [3.8, 4) is 18.4 Å². The highest BCUT2D eigenvalue weighted by Crippen LogP contribution is 2.14. The first-order valence-corrected chi connectivity index (χ1v) is 6.54. The second-order valence-corrected chi connectivity index (χ2v) is 5.08. The molecule has 1 N–H and O–H groups in total. The van der Waals surface area contributed by atoms with Gasteiger partial charge in [0.25, 0.3) is 0 Å². The lowest BCUT2D eigenvalue weighted by Gasteiger charge is -2.00. The topological polar surface area (TPSA) is 35.8 Å². The average Bonchev–Trinajstić information content (AvgIpc) is 2.71. The summed E-state index contributed by atoms with van der Waals surface area (Å²) in [7, 11) is 0. The smallest absolute Gasteiger partial charge is 0.110 e. The average molecular weight is 236 g/mol. The predicted octanol–water partition coefficient (Wildman–Crippen LogP) is 2.08. The summed E-state index contributed by atoms with van der Waals surface area (Å²) in [5, 5.41) is 11.9. The molecule has 4 heteroatoms. The fourth-order valence-corrected chi connectivity index (χ4v) is 2.35. The number of nitrogens with one attached hydrogen (secondary N) is 1. The molecular weight excluding hydrogens is 224 g/mol. The molecule has 0 saturated carbocycles. The highest BCUT2D eigenvalue weighted by molar-refractivity contribution is 7.99. The Hall–Kier alpha value is -0.940. The highest BCUT2D eigenvalue weighted by Gasteiger charge is 1.97. The van der Waals surface area contributed by atoms with Crippen molar-refractivity contribution in [2.45, 2.75) is 6.54 Å². The normalized spacial score (nSPS) is 9.47. The molecule has 1 aromatic rings. The van der Waals surface area contributed by atoms with Crippen molar-refractivity contribution in [1.82, 2.24) is 5.32 Å². The molecule has 0 unspecified atom stereocenters. The first-order valence-electron chi connectivity index (χ1n) is 4.57. The Balaban J connectivity index is 2.11. The van der Waals surface area contributed by atoms with Crippen molar-refractivity contribution in [2.24, 2.45) is 0 Å². The maximum Gasteiger partial charge on any atom is 0.110 e. The lowest BCUT2D eigenvalue weighted by atomic mass is 10.4. The van der Waals surface area contributed by atoms with Crippen LogP contribution in [-0.2, 0) is 6.54 Å². The van der Waals surface area contributed by atoms with Crippen molar-refractivity contribution >= 4 is 23.1 Å². The molecule has 0 radical (unpaired) electrons. The number of hydrogen-bond acceptors (Lipinski definition) is 4. The van der Waals surface area contributed by atoms with Crippen molar-refractivity contribution in [2.75, 3.05) is 18.1 Å². The first kappa shape index (κ1) is 12.1. The molecule has 1 heterocycles. The van der Waals surface area contributed by atoms with Crippen LogP contribution in [0, 0.1) is 23.7 Å². The minimum atomic E-state index is 0.772. The lowest BCUT2D eigenvalue weighted by molar-refractivity contribution is 0.741. The van der Waals surface area contributed by atoms with Crippen LogP contribution in [0.15, 0.2) is 12.1 Å². The molecule has 0 atom stereocenters. The van der Waals surface area contributed by atoms with E-state index in [0.29, 0.717) is 0 Å². The van der Waals surface area contributed by atoms with Crippen LogP contribution in [0.2, 0.25) is 0 Å². The summed E-state index contributed by atoms with van der Waals surface area (Å²) >= 11 is 3.29. The van der Waals surface area contributed by atoms with Gasteiger partial charge in [0.15, 0.2) is 0 Å². The SMILES string of the molecule is C#CCSCCNCc1ccc(C#N)s1. The van der Waals surface area contributed by atoms with Crippen LogP contribution >= 0.6 is 23.1 Å². The van der Waals surface area contributed by atoms with E-state index in [1.807, 2.05) is 12.1 Å². The number of thioether (sulfide) groups is 1. The van der Waals surface area contributed by atoms with Crippen molar-refractivity contribution in [3.05, 3.63) is 21.9 Å². The molecule has 0 saturated heterocycles. The number of nitrogens with zero attached hydrogens (tertiary/aromatic N) is 1. The number of nitriles is 1. The van der Waals surface area contributed by atoms with E-state index in [1.54, 1.807) is 11.8 Å². The minimum absolute atomic E-state index is 0.772. The summed E-state index contributed by atoms with van der Waals surface area (Å²) in [5.74, 6) is 4.39. The summed E-state index contributed by atoms with van der Waals surface area (Å²) in [4.78, 5) is 1.97. The third kappa shape index (κ3) is 4.90. The van der Waals surface area contributed by atoms with Gasteiger partial charge in [-0.15, -0.1) is 29.5 Å². The monoisotopic (exact) mass is 236 g/mol. The molecule has 0 spiro atoms. The van der Waals surface area contributed by atoms with Gasteiger partial charge in [0.1, 0.15) is 10.9 Å². The molecule has 1 rings (SSSR count). The van der Waals surface area contributed by atoms with Gasteiger partial charge in [-0.05, 0) is 12.1 Å². The van der Waals surface area contributed by atoms with Crippen LogP contribution in [0.3, 0.4) is 0 Å². The molecule has 0 bridgehead atoms.